The summed E-state index contributed by atoms with van der Waals surface area (Å²) in [6, 6.07) is 11.4. The van der Waals surface area contributed by atoms with Crippen molar-refractivity contribution in [2.75, 3.05) is 4.72 Å². The number of nitrogens with one attached hydrogen (secondary N) is 1. The first-order valence-corrected chi connectivity index (χ1v) is 8.81. The van der Waals surface area contributed by atoms with Gasteiger partial charge < -0.3 is 4.42 Å². The van der Waals surface area contributed by atoms with Crippen LogP contribution in [-0.4, -0.2) is 13.0 Å². The number of nitrogens with zero attached hydrogens (tertiary/aromatic N) is 1. The van der Waals surface area contributed by atoms with Gasteiger partial charge in [0.05, 0.1) is 16.1 Å². The summed E-state index contributed by atoms with van der Waals surface area (Å²) in [6.45, 7) is 0. The molecular weight excluding hydrogens is 419 g/mol. The van der Waals surface area contributed by atoms with Gasteiger partial charge in [-0.05, 0) is 46.9 Å². The lowest BCUT2D eigenvalue weighted by molar-refractivity contribution is 0.527. The number of rotatable bonds is 3. The summed E-state index contributed by atoms with van der Waals surface area (Å²) in [5, 5.41) is 0. The first kappa shape index (κ1) is 15.1. The Kier molecular flexibility index (Phi) is 3.73. The highest BCUT2D eigenvalue weighted by atomic mass is 127. The van der Waals surface area contributed by atoms with E-state index in [4.69, 9.17) is 4.42 Å². The summed E-state index contributed by atoms with van der Waals surface area (Å²) < 4.78 is 34.6. The van der Waals surface area contributed by atoms with E-state index in [2.05, 4.69) is 27.3 Å². The molecule has 3 rings (SSSR count). The second kappa shape index (κ2) is 5.43. The van der Waals surface area contributed by atoms with Crippen LogP contribution in [0.1, 0.15) is 0 Å². The number of aryl methyl sites for hydroxylation is 1. The average Bonchev–Trinajstić information content (AvgIpc) is 2.76. The van der Waals surface area contributed by atoms with Gasteiger partial charge in [0.15, 0.2) is 5.58 Å². The Morgan fingerprint density at radius 2 is 1.91 bits per heavy atom. The van der Waals surface area contributed by atoms with Gasteiger partial charge in [0.25, 0.3) is 10.0 Å². The Bertz CT molecular complexity index is 1020. The van der Waals surface area contributed by atoms with Crippen LogP contribution in [0.3, 0.4) is 0 Å². The highest BCUT2D eigenvalue weighted by molar-refractivity contribution is 14.1. The van der Waals surface area contributed by atoms with E-state index in [1.807, 2.05) is 6.07 Å². The number of anilines is 1. The predicted octanol–water partition coefficient (Wildman–Crippen LogP) is 2.54. The fourth-order valence-electron chi connectivity index (χ4n) is 2.03. The minimum absolute atomic E-state index is 0.0361. The molecule has 8 heteroatoms. The van der Waals surface area contributed by atoms with Crippen molar-refractivity contribution in [3.8, 4) is 0 Å². The van der Waals surface area contributed by atoms with E-state index >= 15 is 0 Å². The Labute approximate surface area is 139 Å². The predicted molar refractivity (Wildman–Crippen MR) is 91.4 cm³/mol. The molecule has 0 spiro atoms. The number of benzene rings is 2. The number of para-hydroxylation sites is 1. The molecule has 0 aliphatic heterocycles. The molecule has 0 atom stereocenters. The van der Waals surface area contributed by atoms with E-state index < -0.39 is 15.8 Å². The molecule has 6 nitrogen and oxygen atoms in total. The molecule has 0 fully saturated rings. The summed E-state index contributed by atoms with van der Waals surface area (Å²) in [5.74, 6) is -0.532. The zero-order valence-corrected chi connectivity index (χ0v) is 14.4. The Hall–Kier alpha value is -1.81. The zero-order chi connectivity index (χ0) is 15.9. The molecule has 0 unspecified atom stereocenters. The lowest BCUT2D eigenvalue weighted by atomic mass is 10.3. The molecule has 0 saturated heterocycles. The standard InChI is InChI=1S/C14H11IN2O4S/c1-17-12-7-6-9(8-13(12)21-14(17)18)22(19,20)16-11-5-3-2-4-10(11)15/h2-8,16H,1H3. The fourth-order valence-corrected chi connectivity index (χ4v) is 3.83. The van der Waals surface area contributed by atoms with Crippen LogP contribution < -0.4 is 10.5 Å². The third-order valence-electron chi connectivity index (χ3n) is 3.19. The molecule has 2 aromatic carbocycles. The molecule has 3 aromatic rings. The van der Waals surface area contributed by atoms with Crippen LogP contribution in [0, 0.1) is 3.57 Å². The van der Waals surface area contributed by atoms with Crippen LogP contribution in [-0.2, 0) is 17.1 Å². The average molecular weight is 430 g/mol. The van der Waals surface area contributed by atoms with Crippen LogP contribution in [0.25, 0.3) is 11.1 Å². The van der Waals surface area contributed by atoms with Crippen molar-refractivity contribution in [1.29, 1.82) is 0 Å². The minimum atomic E-state index is -3.76. The quantitative estimate of drug-likeness (QED) is 0.648. The topological polar surface area (TPSA) is 81.3 Å². The number of aromatic nitrogens is 1. The number of hydrogen-bond acceptors (Lipinski definition) is 4. The molecular formula is C14H11IN2O4S. The summed E-state index contributed by atoms with van der Waals surface area (Å²) >= 11 is 2.05. The third-order valence-corrected chi connectivity index (χ3v) is 5.50. The third kappa shape index (κ3) is 2.63. The van der Waals surface area contributed by atoms with Gasteiger partial charge in [0, 0.05) is 16.7 Å². The summed E-state index contributed by atoms with van der Waals surface area (Å²) in [5.41, 5.74) is 1.27. The Morgan fingerprint density at radius 1 is 1.18 bits per heavy atom. The van der Waals surface area contributed by atoms with Gasteiger partial charge in [-0.25, -0.2) is 13.2 Å². The summed E-state index contributed by atoms with van der Waals surface area (Å²) in [7, 11) is -2.19. The van der Waals surface area contributed by atoms with Crippen LogP contribution in [0.5, 0.6) is 0 Å². The maximum Gasteiger partial charge on any atom is 0.419 e. The van der Waals surface area contributed by atoms with Gasteiger partial charge >= 0.3 is 5.76 Å². The van der Waals surface area contributed by atoms with E-state index in [9.17, 15) is 13.2 Å². The SMILES string of the molecule is Cn1c(=O)oc2cc(S(=O)(=O)Nc3ccccc3I)ccc21. The van der Waals surface area contributed by atoms with Gasteiger partial charge in [0.2, 0.25) is 0 Å². The minimum Gasteiger partial charge on any atom is -0.408 e. The molecule has 114 valence electrons. The van der Waals surface area contributed by atoms with E-state index in [1.165, 1.54) is 16.7 Å². The summed E-state index contributed by atoms with van der Waals surface area (Å²) in [6.07, 6.45) is 0. The van der Waals surface area contributed by atoms with E-state index in [0.29, 0.717) is 11.2 Å². The van der Waals surface area contributed by atoms with Crippen molar-refractivity contribution >= 4 is 49.4 Å². The molecule has 0 saturated carbocycles. The van der Waals surface area contributed by atoms with Crippen LogP contribution in [0.2, 0.25) is 0 Å². The zero-order valence-electron chi connectivity index (χ0n) is 11.4. The van der Waals surface area contributed by atoms with Crippen molar-refractivity contribution in [3.63, 3.8) is 0 Å². The number of hydrogen-bond donors (Lipinski definition) is 1. The normalized spacial score (nSPS) is 11.7. The summed E-state index contributed by atoms with van der Waals surface area (Å²) in [4.78, 5) is 11.5. The first-order chi connectivity index (χ1) is 10.4. The highest BCUT2D eigenvalue weighted by Crippen LogP contribution is 2.23. The van der Waals surface area contributed by atoms with Crippen LogP contribution >= 0.6 is 22.6 Å². The van der Waals surface area contributed by atoms with E-state index in [-0.39, 0.29) is 10.5 Å². The van der Waals surface area contributed by atoms with Crippen molar-refractivity contribution in [2.45, 2.75) is 4.90 Å². The lowest BCUT2D eigenvalue weighted by Crippen LogP contribution is -2.13. The van der Waals surface area contributed by atoms with Crippen LogP contribution in [0.15, 0.2) is 56.6 Å². The van der Waals surface area contributed by atoms with Gasteiger partial charge in [-0.2, -0.15) is 0 Å². The first-order valence-electron chi connectivity index (χ1n) is 6.25. The molecule has 0 radical (unpaired) electrons. The smallest absolute Gasteiger partial charge is 0.408 e. The molecule has 1 N–H and O–H groups in total. The highest BCUT2D eigenvalue weighted by Gasteiger charge is 2.17. The second-order valence-electron chi connectivity index (χ2n) is 4.64. The van der Waals surface area contributed by atoms with E-state index in [1.54, 1.807) is 31.3 Å². The molecule has 0 aliphatic rings. The van der Waals surface area contributed by atoms with Gasteiger partial charge in [-0.3, -0.25) is 9.29 Å². The molecule has 22 heavy (non-hydrogen) atoms. The van der Waals surface area contributed by atoms with Crippen molar-refractivity contribution in [2.24, 2.45) is 7.05 Å². The van der Waals surface area contributed by atoms with Crippen molar-refractivity contribution in [1.82, 2.24) is 4.57 Å². The van der Waals surface area contributed by atoms with Gasteiger partial charge in [-0.1, -0.05) is 12.1 Å². The van der Waals surface area contributed by atoms with Gasteiger partial charge in [-0.15, -0.1) is 0 Å². The maximum atomic E-state index is 12.4. The molecule has 1 heterocycles. The maximum absolute atomic E-state index is 12.4. The number of oxazole rings is 1. The number of fused-ring (bicyclic) bond motifs is 1. The lowest BCUT2D eigenvalue weighted by Gasteiger charge is -2.09. The monoisotopic (exact) mass is 430 g/mol. The number of halogens is 1. The molecule has 0 amide bonds. The van der Waals surface area contributed by atoms with E-state index in [0.717, 1.165) is 3.57 Å². The van der Waals surface area contributed by atoms with Crippen LogP contribution in [0.4, 0.5) is 5.69 Å². The van der Waals surface area contributed by atoms with Gasteiger partial charge in [0.1, 0.15) is 0 Å². The molecule has 1 aromatic heterocycles. The Morgan fingerprint density at radius 3 is 2.64 bits per heavy atom. The fraction of sp³-hybridized carbons (Fsp3) is 0.0714. The largest absolute Gasteiger partial charge is 0.419 e. The van der Waals surface area contributed by atoms with Crippen molar-refractivity contribution in [3.05, 3.63) is 56.6 Å². The van der Waals surface area contributed by atoms with Crippen molar-refractivity contribution < 1.29 is 12.8 Å². The Balaban J connectivity index is 2.06. The number of sulfonamides is 1. The second-order valence-corrected chi connectivity index (χ2v) is 7.49. The molecule has 0 bridgehead atoms. The molecule has 0 aliphatic carbocycles.